The Bertz CT molecular complexity index is 1680. The lowest BCUT2D eigenvalue weighted by Crippen LogP contribution is -2.54. The van der Waals surface area contributed by atoms with E-state index in [-0.39, 0.29) is 29.8 Å². The van der Waals surface area contributed by atoms with Gasteiger partial charge in [-0.1, -0.05) is 90.0 Å². The molecule has 1 N–H and O–H groups in total. The molecule has 0 spiro atoms. The SMILES string of the molecule is Cc1ccc(CN(C(=O)CN(c2ccc(Cl)cc2C)S(=O)(=O)c2ccccc2)C(Cc2ccccc2)C(=O)NC(C)C)cc1. The van der Waals surface area contributed by atoms with Gasteiger partial charge in [0.25, 0.3) is 10.0 Å². The fraction of sp³-hybridized carbons (Fsp3) is 0.257. The molecule has 44 heavy (non-hydrogen) atoms. The summed E-state index contributed by atoms with van der Waals surface area (Å²) in [6, 6.07) is 29.0. The fourth-order valence-corrected chi connectivity index (χ4v) is 6.68. The predicted octanol–water partition coefficient (Wildman–Crippen LogP) is 6.32. The van der Waals surface area contributed by atoms with Crippen molar-refractivity contribution in [2.45, 2.75) is 57.6 Å². The van der Waals surface area contributed by atoms with E-state index in [9.17, 15) is 18.0 Å². The minimum Gasteiger partial charge on any atom is -0.352 e. The average Bonchev–Trinajstić information content (AvgIpc) is 2.99. The molecule has 4 aromatic rings. The number of hydrogen-bond acceptors (Lipinski definition) is 4. The maximum atomic E-state index is 14.5. The summed E-state index contributed by atoms with van der Waals surface area (Å²) in [7, 11) is -4.18. The van der Waals surface area contributed by atoms with Gasteiger partial charge in [-0.3, -0.25) is 13.9 Å². The molecule has 0 aliphatic heterocycles. The number of carbonyl (C=O) groups excluding carboxylic acids is 2. The van der Waals surface area contributed by atoms with Crippen molar-refractivity contribution in [3.63, 3.8) is 0 Å². The predicted molar refractivity (Wildman–Crippen MR) is 176 cm³/mol. The van der Waals surface area contributed by atoms with Crippen molar-refractivity contribution in [3.8, 4) is 0 Å². The van der Waals surface area contributed by atoms with Crippen LogP contribution in [-0.4, -0.2) is 43.8 Å². The molecule has 0 heterocycles. The summed E-state index contributed by atoms with van der Waals surface area (Å²) in [4.78, 5) is 29.8. The zero-order chi connectivity index (χ0) is 31.9. The second-order valence-corrected chi connectivity index (χ2v) is 13.4. The van der Waals surface area contributed by atoms with Crippen molar-refractivity contribution in [1.29, 1.82) is 0 Å². The maximum Gasteiger partial charge on any atom is 0.264 e. The Hall–Kier alpha value is -4.14. The minimum atomic E-state index is -4.18. The van der Waals surface area contributed by atoms with Crippen LogP contribution >= 0.6 is 11.6 Å². The van der Waals surface area contributed by atoms with Gasteiger partial charge in [0, 0.05) is 24.0 Å². The summed E-state index contributed by atoms with van der Waals surface area (Å²) in [5.41, 5.74) is 3.67. The van der Waals surface area contributed by atoms with Crippen LogP contribution in [0.4, 0.5) is 5.69 Å². The zero-order valence-electron chi connectivity index (χ0n) is 25.4. The van der Waals surface area contributed by atoms with Crippen LogP contribution in [0, 0.1) is 13.8 Å². The first-order chi connectivity index (χ1) is 21.0. The van der Waals surface area contributed by atoms with E-state index in [2.05, 4.69) is 5.32 Å². The van der Waals surface area contributed by atoms with Crippen LogP contribution in [0.3, 0.4) is 0 Å². The number of carbonyl (C=O) groups is 2. The van der Waals surface area contributed by atoms with Gasteiger partial charge in [0.1, 0.15) is 12.6 Å². The number of aryl methyl sites for hydroxylation is 2. The highest BCUT2D eigenvalue weighted by Crippen LogP contribution is 2.29. The van der Waals surface area contributed by atoms with Gasteiger partial charge >= 0.3 is 0 Å². The van der Waals surface area contributed by atoms with E-state index in [1.54, 1.807) is 43.3 Å². The lowest BCUT2D eigenvalue weighted by Gasteiger charge is -2.34. The highest BCUT2D eigenvalue weighted by molar-refractivity contribution is 7.92. The first kappa shape index (κ1) is 32.8. The van der Waals surface area contributed by atoms with E-state index in [0.29, 0.717) is 16.3 Å². The topological polar surface area (TPSA) is 86.8 Å². The number of halogens is 1. The smallest absolute Gasteiger partial charge is 0.264 e. The third kappa shape index (κ3) is 8.27. The first-order valence-corrected chi connectivity index (χ1v) is 16.3. The number of benzene rings is 4. The molecule has 0 aromatic heterocycles. The van der Waals surface area contributed by atoms with Gasteiger partial charge < -0.3 is 10.2 Å². The van der Waals surface area contributed by atoms with Gasteiger partial charge in [-0.25, -0.2) is 8.42 Å². The molecule has 4 rings (SSSR count). The highest BCUT2D eigenvalue weighted by Gasteiger charge is 2.35. The molecule has 4 aromatic carbocycles. The summed E-state index contributed by atoms with van der Waals surface area (Å²) in [5, 5.41) is 3.42. The van der Waals surface area contributed by atoms with E-state index in [4.69, 9.17) is 11.6 Å². The fourth-order valence-electron chi connectivity index (χ4n) is 4.96. The van der Waals surface area contributed by atoms with Gasteiger partial charge in [-0.15, -0.1) is 0 Å². The van der Waals surface area contributed by atoms with Crippen molar-refractivity contribution in [3.05, 3.63) is 130 Å². The summed E-state index contributed by atoms with van der Waals surface area (Å²) >= 11 is 6.22. The van der Waals surface area contributed by atoms with E-state index < -0.39 is 28.5 Å². The van der Waals surface area contributed by atoms with Gasteiger partial charge in [0.05, 0.1) is 10.6 Å². The number of hydrogen-bond donors (Lipinski definition) is 1. The molecule has 0 fully saturated rings. The Kier molecular flexibility index (Phi) is 10.8. The molecular weight excluding hydrogens is 594 g/mol. The lowest BCUT2D eigenvalue weighted by molar-refractivity contribution is -0.140. The van der Waals surface area contributed by atoms with Crippen molar-refractivity contribution in [1.82, 2.24) is 10.2 Å². The summed E-state index contributed by atoms with van der Waals surface area (Å²) in [5.74, 6) is -0.830. The molecule has 0 aliphatic carbocycles. The highest BCUT2D eigenvalue weighted by atomic mass is 35.5. The molecule has 230 valence electrons. The molecule has 1 unspecified atom stereocenters. The quantitative estimate of drug-likeness (QED) is 0.198. The summed E-state index contributed by atoms with van der Waals surface area (Å²) in [6.45, 7) is 7.04. The van der Waals surface area contributed by atoms with Crippen LogP contribution in [-0.2, 0) is 32.6 Å². The van der Waals surface area contributed by atoms with Crippen LogP contribution in [0.25, 0.3) is 0 Å². The number of sulfonamides is 1. The maximum absolute atomic E-state index is 14.5. The zero-order valence-corrected chi connectivity index (χ0v) is 27.0. The van der Waals surface area contributed by atoms with Crippen molar-refractivity contribution in [2.24, 2.45) is 0 Å². The van der Waals surface area contributed by atoms with Crippen LogP contribution in [0.2, 0.25) is 5.02 Å². The van der Waals surface area contributed by atoms with Gasteiger partial charge in [-0.2, -0.15) is 0 Å². The molecule has 0 saturated carbocycles. The molecular formula is C35H38ClN3O4S. The van der Waals surface area contributed by atoms with Gasteiger partial charge in [0.2, 0.25) is 11.8 Å². The Morgan fingerprint density at radius 1 is 0.818 bits per heavy atom. The number of rotatable bonds is 12. The van der Waals surface area contributed by atoms with Crippen molar-refractivity contribution < 1.29 is 18.0 Å². The summed E-state index contributed by atoms with van der Waals surface area (Å²) in [6.07, 6.45) is 0.252. The van der Waals surface area contributed by atoms with E-state index in [0.717, 1.165) is 21.0 Å². The molecule has 1 atom stereocenters. The number of amides is 2. The Balaban J connectivity index is 1.82. The molecule has 7 nitrogen and oxygen atoms in total. The van der Waals surface area contributed by atoms with Crippen LogP contribution in [0.1, 0.15) is 36.1 Å². The number of nitrogens with zero attached hydrogens (tertiary/aromatic N) is 2. The number of anilines is 1. The average molecular weight is 632 g/mol. The lowest BCUT2D eigenvalue weighted by atomic mass is 10.0. The van der Waals surface area contributed by atoms with Crippen molar-refractivity contribution >= 4 is 39.1 Å². The molecule has 0 radical (unpaired) electrons. The van der Waals surface area contributed by atoms with Crippen LogP contribution in [0.5, 0.6) is 0 Å². The van der Waals surface area contributed by atoms with Crippen molar-refractivity contribution in [2.75, 3.05) is 10.8 Å². The van der Waals surface area contributed by atoms with E-state index in [1.807, 2.05) is 75.4 Å². The van der Waals surface area contributed by atoms with E-state index in [1.165, 1.54) is 17.0 Å². The third-order valence-corrected chi connectivity index (χ3v) is 9.22. The largest absolute Gasteiger partial charge is 0.352 e. The summed E-state index contributed by atoms with van der Waals surface area (Å²) < 4.78 is 29.3. The molecule has 0 bridgehead atoms. The van der Waals surface area contributed by atoms with E-state index >= 15 is 0 Å². The Morgan fingerprint density at radius 2 is 1.43 bits per heavy atom. The van der Waals surface area contributed by atoms with Gasteiger partial charge in [-0.05, 0) is 74.7 Å². The van der Waals surface area contributed by atoms with Crippen LogP contribution in [0.15, 0.2) is 108 Å². The molecule has 0 saturated heterocycles. The Labute approximate surface area is 265 Å². The van der Waals surface area contributed by atoms with Gasteiger partial charge in [0.15, 0.2) is 0 Å². The Morgan fingerprint density at radius 3 is 2.02 bits per heavy atom. The molecule has 2 amide bonds. The van der Waals surface area contributed by atoms with Crippen LogP contribution < -0.4 is 9.62 Å². The minimum absolute atomic E-state index is 0.0469. The first-order valence-electron chi connectivity index (χ1n) is 14.5. The molecule has 9 heteroatoms. The monoisotopic (exact) mass is 631 g/mol. The second kappa shape index (κ2) is 14.6. The second-order valence-electron chi connectivity index (χ2n) is 11.1. The number of nitrogens with one attached hydrogen (secondary N) is 1. The third-order valence-electron chi connectivity index (χ3n) is 7.21. The molecule has 0 aliphatic rings. The normalized spacial score (nSPS) is 12.0. The standard InChI is InChI=1S/C35H38ClN3O4S/c1-25(2)37-35(41)33(22-28-11-7-5-8-12-28)38(23-29-17-15-26(3)16-18-29)34(40)24-39(32-20-19-30(36)21-27(32)4)44(42,43)31-13-9-6-10-14-31/h5-21,25,33H,22-24H2,1-4H3,(H,37,41).